The van der Waals surface area contributed by atoms with Gasteiger partial charge in [0.15, 0.2) is 0 Å². The average molecular weight is 271 g/mol. The molecule has 0 unspecified atom stereocenters. The fourth-order valence-corrected chi connectivity index (χ4v) is 1.84. The molecule has 5 N–H and O–H groups in total. The summed E-state index contributed by atoms with van der Waals surface area (Å²) in [6.45, 7) is 2.83. The summed E-state index contributed by atoms with van der Waals surface area (Å²) in [5.41, 5.74) is 10.6. The number of hydrogen-bond donors (Lipinski definition) is 3. The van der Waals surface area contributed by atoms with E-state index in [1.54, 1.807) is 0 Å². The van der Waals surface area contributed by atoms with Crippen LogP contribution in [-0.2, 0) is 9.59 Å². The normalized spacial score (nSPS) is 12.1. The van der Waals surface area contributed by atoms with Gasteiger partial charge in [-0.2, -0.15) is 0 Å². The van der Waals surface area contributed by atoms with Crippen molar-refractivity contribution in [2.75, 3.05) is 6.54 Å². The van der Waals surface area contributed by atoms with E-state index < -0.39 is 11.9 Å². The lowest BCUT2D eigenvalue weighted by Gasteiger charge is -2.08. The van der Waals surface area contributed by atoms with Crippen LogP contribution in [0.25, 0.3) is 0 Å². The van der Waals surface area contributed by atoms with E-state index in [1.807, 2.05) is 0 Å². The van der Waals surface area contributed by atoms with Crippen molar-refractivity contribution in [3.05, 3.63) is 0 Å². The van der Waals surface area contributed by atoms with E-state index in [4.69, 9.17) is 11.5 Å². The predicted molar refractivity (Wildman–Crippen MR) is 77.4 cm³/mol. The number of rotatable bonds is 12. The van der Waals surface area contributed by atoms with Crippen molar-refractivity contribution in [2.45, 2.75) is 70.8 Å². The van der Waals surface area contributed by atoms with Crippen LogP contribution in [0.5, 0.6) is 0 Å². The second-order valence-corrected chi connectivity index (χ2v) is 5.02. The highest BCUT2D eigenvalue weighted by Gasteiger charge is 2.07. The third-order valence-electron chi connectivity index (χ3n) is 3.14. The lowest BCUT2D eigenvalue weighted by Crippen LogP contribution is -2.36. The minimum Gasteiger partial charge on any atom is -0.368 e. The molecular weight excluding hydrogens is 242 g/mol. The molecule has 0 aromatic carbocycles. The average Bonchev–Trinajstić information content (AvgIpc) is 2.37. The lowest BCUT2D eigenvalue weighted by molar-refractivity contribution is -0.121. The lowest BCUT2D eigenvalue weighted by atomic mass is 10.1. The largest absolute Gasteiger partial charge is 0.368 e. The summed E-state index contributed by atoms with van der Waals surface area (Å²) in [6, 6.07) is -0.561. The quantitative estimate of drug-likeness (QED) is 0.468. The van der Waals surface area contributed by atoms with Gasteiger partial charge >= 0.3 is 0 Å². The SMILES string of the molecule is CCCCCCCC(=O)NCCCC[C@H](N)C(N)=O. The van der Waals surface area contributed by atoms with E-state index in [1.165, 1.54) is 19.3 Å². The fraction of sp³-hybridized carbons (Fsp3) is 0.857. The second kappa shape index (κ2) is 12.0. The van der Waals surface area contributed by atoms with E-state index in [9.17, 15) is 9.59 Å². The van der Waals surface area contributed by atoms with Crippen molar-refractivity contribution in [2.24, 2.45) is 11.5 Å². The molecule has 0 radical (unpaired) electrons. The molecule has 5 nitrogen and oxygen atoms in total. The number of hydrogen-bond acceptors (Lipinski definition) is 3. The molecule has 0 aliphatic rings. The summed E-state index contributed by atoms with van der Waals surface area (Å²) in [5, 5.41) is 2.88. The van der Waals surface area contributed by atoms with Crippen molar-refractivity contribution in [1.29, 1.82) is 0 Å². The van der Waals surface area contributed by atoms with Gasteiger partial charge in [0.25, 0.3) is 0 Å². The minimum absolute atomic E-state index is 0.121. The number of amides is 2. The van der Waals surface area contributed by atoms with Crippen LogP contribution in [0.1, 0.15) is 64.7 Å². The number of nitrogens with two attached hydrogens (primary N) is 2. The molecule has 0 bridgehead atoms. The van der Waals surface area contributed by atoms with Crippen LogP contribution in [0.15, 0.2) is 0 Å². The van der Waals surface area contributed by atoms with Gasteiger partial charge in [-0.25, -0.2) is 0 Å². The van der Waals surface area contributed by atoms with Crippen LogP contribution in [0.4, 0.5) is 0 Å². The van der Waals surface area contributed by atoms with Crippen molar-refractivity contribution in [3.63, 3.8) is 0 Å². The first-order chi connectivity index (χ1) is 9.07. The van der Waals surface area contributed by atoms with E-state index in [2.05, 4.69) is 12.2 Å². The van der Waals surface area contributed by atoms with Gasteiger partial charge in [-0.05, 0) is 25.7 Å². The molecule has 0 aromatic rings. The maximum Gasteiger partial charge on any atom is 0.234 e. The second-order valence-electron chi connectivity index (χ2n) is 5.02. The van der Waals surface area contributed by atoms with Crippen LogP contribution < -0.4 is 16.8 Å². The minimum atomic E-state index is -0.561. The maximum atomic E-state index is 11.5. The molecule has 2 amide bonds. The van der Waals surface area contributed by atoms with Gasteiger partial charge in [0.05, 0.1) is 6.04 Å². The summed E-state index contributed by atoms with van der Waals surface area (Å²) in [6.07, 6.45) is 8.64. The third kappa shape index (κ3) is 11.7. The molecule has 0 fully saturated rings. The molecule has 0 aliphatic carbocycles. The van der Waals surface area contributed by atoms with Crippen molar-refractivity contribution >= 4 is 11.8 Å². The number of carbonyl (C=O) groups is 2. The van der Waals surface area contributed by atoms with E-state index in [0.29, 0.717) is 19.4 Å². The first kappa shape index (κ1) is 17.9. The molecule has 0 aromatic heterocycles. The zero-order valence-corrected chi connectivity index (χ0v) is 12.1. The zero-order valence-electron chi connectivity index (χ0n) is 12.1. The Kier molecular flexibility index (Phi) is 11.3. The van der Waals surface area contributed by atoms with Gasteiger partial charge in [0.1, 0.15) is 0 Å². The van der Waals surface area contributed by atoms with Gasteiger partial charge in [0, 0.05) is 13.0 Å². The molecule has 19 heavy (non-hydrogen) atoms. The Labute approximate surface area is 116 Å². The predicted octanol–water partition coefficient (Wildman–Crippen LogP) is 1.45. The Morgan fingerprint density at radius 3 is 2.37 bits per heavy atom. The highest BCUT2D eigenvalue weighted by atomic mass is 16.2. The number of unbranched alkanes of at least 4 members (excludes halogenated alkanes) is 5. The smallest absolute Gasteiger partial charge is 0.234 e. The van der Waals surface area contributed by atoms with Gasteiger partial charge in [0.2, 0.25) is 11.8 Å². The summed E-state index contributed by atoms with van der Waals surface area (Å²) in [7, 11) is 0. The van der Waals surface area contributed by atoms with Gasteiger partial charge in [-0.1, -0.05) is 32.6 Å². The Morgan fingerprint density at radius 1 is 1.05 bits per heavy atom. The molecule has 0 spiro atoms. The van der Waals surface area contributed by atoms with Crippen molar-refractivity contribution in [1.82, 2.24) is 5.32 Å². The highest BCUT2D eigenvalue weighted by Crippen LogP contribution is 2.04. The van der Waals surface area contributed by atoms with Crippen LogP contribution in [-0.4, -0.2) is 24.4 Å². The molecule has 0 aliphatic heterocycles. The third-order valence-corrected chi connectivity index (χ3v) is 3.14. The molecule has 112 valence electrons. The standard InChI is InChI=1S/C14H29N3O2/c1-2-3-4-5-6-10-13(18)17-11-8-7-9-12(15)14(16)19/h12H,2-11,15H2,1H3,(H2,16,19)(H,17,18)/t12-/m0/s1. The topological polar surface area (TPSA) is 98.2 Å². The fourth-order valence-electron chi connectivity index (χ4n) is 1.84. The van der Waals surface area contributed by atoms with Crippen molar-refractivity contribution < 1.29 is 9.59 Å². The van der Waals surface area contributed by atoms with E-state index >= 15 is 0 Å². The number of carbonyl (C=O) groups excluding carboxylic acids is 2. The first-order valence-corrected chi connectivity index (χ1v) is 7.39. The van der Waals surface area contributed by atoms with Crippen LogP contribution >= 0.6 is 0 Å². The zero-order chi connectivity index (χ0) is 14.5. The molecule has 5 heteroatoms. The van der Waals surface area contributed by atoms with Crippen LogP contribution in [0.3, 0.4) is 0 Å². The molecule has 1 atom stereocenters. The van der Waals surface area contributed by atoms with E-state index in [-0.39, 0.29) is 5.91 Å². The monoisotopic (exact) mass is 271 g/mol. The summed E-state index contributed by atoms with van der Waals surface area (Å²) in [4.78, 5) is 22.2. The molecular formula is C14H29N3O2. The Morgan fingerprint density at radius 2 is 1.74 bits per heavy atom. The highest BCUT2D eigenvalue weighted by molar-refractivity contribution is 5.79. The summed E-state index contributed by atoms with van der Waals surface area (Å²) >= 11 is 0. The van der Waals surface area contributed by atoms with E-state index in [0.717, 1.165) is 25.7 Å². The molecule has 0 heterocycles. The first-order valence-electron chi connectivity index (χ1n) is 7.39. The summed E-state index contributed by atoms with van der Waals surface area (Å²) < 4.78 is 0. The van der Waals surface area contributed by atoms with Gasteiger partial charge in [-0.15, -0.1) is 0 Å². The van der Waals surface area contributed by atoms with Gasteiger partial charge < -0.3 is 16.8 Å². The molecule has 0 saturated heterocycles. The van der Waals surface area contributed by atoms with Crippen LogP contribution in [0, 0.1) is 0 Å². The Balaban J connectivity index is 3.31. The molecule has 0 saturated carbocycles. The number of primary amides is 1. The Hall–Kier alpha value is -1.10. The number of nitrogens with one attached hydrogen (secondary N) is 1. The maximum absolute atomic E-state index is 11.5. The van der Waals surface area contributed by atoms with Crippen molar-refractivity contribution in [3.8, 4) is 0 Å². The van der Waals surface area contributed by atoms with Crippen LogP contribution in [0.2, 0.25) is 0 Å². The summed E-state index contributed by atoms with van der Waals surface area (Å²) in [5.74, 6) is -0.341. The van der Waals surface area contributed by atoms with Gasteiger partial charge in [-0.3, -0.25) is 9.59 Å². The Bertz CT molecular complexity index is 257. The molecule has 0 rings (SSSR count).